The number of aromatic nitrogens is 1. The van der Waals surface area contributed by atoms with Crippen LogP contribution in [0.1, 0.15) is 30.0 Å². The predicted octanol–water partition coefficient (Wildman–Crippen LogP) is 3.96. The number of hydrogen-bond donors (Lipinski definition) is 1. The number of carbonyl (C=O) groups excluding carboxylic acids is 1. The monoisotopic (exact) mass is 350 g/mol. The minimum Gasteiger partial charge on any atom is -0.477 e. The minimum atomic E-state index is -0.0550. The third-order valence-corrected chi connectivity index (χ3v) is 4.38. The molecule has 0 bridgehead atoms. The molecule has 3 rings (SSSR count). The summed E-state index contributed by atoms with van der Waals surface area (Å²) in [4.78, 5) is 16.4. The van der Waals surface area contributed by atoms with Gasteiger partial charge in [0.1, 0.15) is 0 Å². The van der Waals surface area contributed by atoms with Crippen LogP contribution in [0.2, 0.25) is 10.0 Å². The van der Waals surface area contributed by atoms with Gasteiger partial charge in [-0.15, -0.1) is 0 Å². The molecule has 0 aliphatic carbocycles. The highest BCUT2D eigenvalue weighted by atomic mass is 35.5. The van der Waals surface area contributed by atoms with Gasteiger partial charge in [0.05, 0.1) is 12.6 Å². The molecule has 2 aromatic rings. The van der Waals surface area contributed by atoms with Crippen molar-refractivity contribution in [2.24, 2.45) is 0 Å². The summed E-state index contributed by atoms with van der Waals surface area (Å²) >= 11 is 12.0. The first kappa shape index (κ1) is 16.1. The molecule has 1 amide bonds. The van der Waals surface area contributed by atoms with Crippen molar-refractivity contribution >= 4 is 29.1 Å². The number of fused-ring (bicyclic) bond motifs is 1. The van der Waals surface area contributed by atoms with Gasteiger partial charge in [-0.2, -0.15) is 0 Å². The van der Waals surface area contributed by atoms with E-state index in [0.717, 1.165) is 17.5 Å². The van der Waals surface area contributed by atoms with E-state index in [-0.39, 0.29) is 11.9 Å². The number of nitrogens with one attached hydrogen (secondary N) is 1. The zero-order valence-corrected chi connectivity index (χ0v) is 13.9. The molecule has 0 fully saturated rings. The van der Waals surface area contributed by atoms with Crippen molar-refractivity contribution in [2.45, 2.75) is 25.3 Å². The molecule has 1 atom stereocenters. The first-order valence-electron chi connectivity index (χ1n) is 7.44. The molecule has 0 saturated heterocycles. The molecule has 4 nitrogen and oxygen atoms in total. The number of aryl methyl sites for hydroxylation is 1. The molecule has 1 N–H and O–H groups in total. The van der Waals surface area contributed by atoms with Gasteiger partial charge >= 0.3 is 0 Å². The molecule has 1 aliphatic heterocycles. The number of amides is 1. The van der Waals surface area contributed by atoms with E-state index in [2.05, 4.69) is 10.3 Å². The summed E-state index contributed by atoms with van der Waals surface area (Å²) in [6.45, 7) is 0.554. The number of rotatable bonds is 4. The third kappa shape index (κ3) is 3.95. The van der Waals surface area contributed by atoms with Crippen LogP contribution in [0.4, 0.5) is 0 Å². The number of ether oxygens (including phenoxy) is 1. The fourth-order valence-corrected chi connectivity index (χ4v) is 3.11. The summed E-state index contributed by atoms with van der Waals surface area (Å²) in [6, 6.07) is 9.05. The van der Waals surface area contributed by atoms with Gasteiger partial charge in [0.25, 0.3) is 0 Å². The van der Waals surface area contributed by atoms with E-state index in [1.54, 1.807) is 18.3 Å². The number of benzene rings is 1. The van der Waals surface area contributed by atoms with Gasteiger partial charge in [-0.05, 0) is 30.2 Å². The van der Waals surface area contributed by atoms with Crippen molar-refractivity contribution in [1.82, 2.24) is 10.3 Å². The zero-order chi connectivity index (χ0) is 16.2. The van der Waals surface area contributed by atoms with Crippen molar-refractivity contribution in [3.05, 3.63) is 57.7 Å². The first-order valence-corrected chi connectivity index (χ1v) is 8.20. The lowest BCUT2D eigenvalue weighted by Gasteiger charge is -2.25. The van der Waals surface area contributed by atoms with E-state index in [9.17, 15) is 4.79 Å². The molecule has 6 heteroatoms. The summed E-state index contributed by atoms with van der Waals surface area (Å²) in [6.07, 6.45) is 3.37. The van der Waals surface area contributed by atoms with Crippen molar-refractivity contribution < 1.29 is 9.53 Å². The molecule has 1 unspecified atom stereocenters. The van der Waals surface area contributed by atoms with Crippen LogP contribution in [0.15, 0.2) is 36.5 Å². The Morgan fingerprint density at radius 1 is 1.35 bits per heavy atom. The number of carbonyl (C=O) groups is 1. The molecule has 1 aromatic heterocycles. The average molecular weight is 351 g/mol. The summed E-state index contributed by atoms with van der Waals surface area (Å²) in [5, 5.41) is 4.23. The smallest absolute Gasteiger partial charge is 0.220 e. The lowest BCUT2D eigenvalue weighted by Crippen LogP contribution is -2.32. The van der Waals surface area contributed by atoms with E-state index >= 15 is 0 Å². The van der Waals surface area contributed by atoms with E-state index < -0.39 is 0 Å². The molecule has 120 valence electrons. The highest BCUT2D eigenvalue weighted by molar-refractivity contribution is 6.35. The molecule has 1 aliphatic rings. The summed E-state index contributed by atoms with van der Waals surface area (Å²) in [5.74, 6) is 0.586. The number of hydrogen-bond acceptors (Lipinski definition) is 3. The maximum Gasteiger partial charge on any atom is 0.220 e. The first-order chi connectivity index (χ1) is 11.1. The Bertz CT molecular complexity index is 721. The molecule has 1 aromatic carbocycles. The Labute approximate surface area is 144 Å². The van der Waals surface area contributed by atoms with Crippen molar-refractivity contribution in [2.75, 3.05) is 6.61 Å². The van der Waals surface area contributed by atoms with Crippen LogP contribution in [0.3, 0.4) is 0 Å². The fraction of sp³-hybridized carbons (Fsp3) is 0.294. The van der Waals surface area contributed by atoms with E-state index in [4.69, 9.17) is 27.9 Å². The SMILES string of the molecule is O=C(CCc1ccc(Cl)cc1Cl)NC1CCOc2ncccc21. The van der Waals surface area contributed by atoms with Gasteiger partial charge in [0, 0.05) is 34.6 Å². The summed E-state index contributed by atoms with van der Waals surface area (Å²) in [7, 11) is 0. The van der Waals surface area contributed by atoms with Crippen molar-refractivity contribution in [3.8, 4) is 5.88 Å². The molecule has 2 heterocycles. The van der Waals surface area contributed by atoms with Gasteiger partial charge in [0.15, 0.2) is 0 Å². The van der Waals surface area contributed by atoms with Gasteiger partial charge in [0.2, 0.25) is 11.8 Å². The molecule has 0 radical (unpaired) electrons. The Morgan fingerprint density at radius 3 is 3.04 bits per heavy atom. The van der Waals surface area contributed by atoms with E-state index in [1.807, 2.05) is 18.2 Å². The third-order valence-electron chi connectivity index (χ3n) is 3.79. The highest BCUT2D eigenvalue weighted by Gasteiger charge is 2.23. The van der Waals surface area contributed by atoms with Crippen LogP contribution in [0.25, 0.3) is 0 Å². The number of halogens is 2. The van der Waals surface area contributed by atoms with Crippen LogP contribution in [-0.4, -0.2) is 17.5 Å². The van der Waals surface area contributed by atoms with Crippen molar-refractivity contribution in [1.29, 1.82) is 0 Å². The molecule has 23 heavy (non-hydrogen) atoms. The predicted molar refractivity (Wildman–Crippen MR) is 90.0 cm³/mol. The van der Waals surface area contributed by atoms with E-state index in [0.29, 0.717) is 35.4 Å². The minimum absolute atomic E-state index is 0.0160. The molecule has 0 saturated carbocycles. The van der Waals surface area contributed by atoms with Crippen LogP contribution in [-0.2, 0) is 11.2 Å². The molecule has 0 spiro atoms. The van der Waals surface area contributed by atoms with Gasteiger partial charge in [-0.25, -0.2) is 4.98 Å². The second-order valence-corrected chi connectivity index (χ2v) is 6.23. The lowest BCUT2D eigenvalue weighted by atomic mass is 10.0. The fourth-order valence-electron chi connectivity index (χ4n) is 2.61. The average Bonchev–Trinajstić information content (AvgIpc) is 2.54. The Balaban J connectivity index is 1.60. The second kappa shape index (κ2) is 7.20. The Hall–Kier alpha value is -1.78. The van der Waals surface area contributed by atoms with Crippen LogP contribution in [0.5, 0.6) is 5.88 Å². The molecular formula is C17H16Cl2N2O2. The second-order valence-electron chi connectivity index (χ2n) is 5.39. The maximum atomic E-state index is 12.2. The number of nitrogens with zero attached hydrogens (tertiary/aromatic N) is 1. The van der Waals surface area contributed by atoms with E-state index in [1.165, 1.54) is 0 Å². The molecular weight excluding hydrogens is 335 g/mol. The highest BCUT2D eigenvalue weighted by Crippen LogP contribution is 2.29. The van der Waals surface area contributed by atoms with Crippen LogP contribution >= 0.6 is 23.2 Å². The number of pyridine rings is 1. The largest absolute Gasteiger partial charge is 0.477 e. The Kier molecular flexibility index (Phi) is 5.03. The summed E-state index contributed by atoms with van der Waals surface area (Å²) in [5.41, 5.74) is 1.84. The van der Waals surface area contributed by atoms with Gasteiger partial charge < -0.3 is 10.1 Å². The maximum absolute atomic E-state index is 12.2. The lowest BCUT2D eigenvalue weighted by molar-refractivity contribution is -0.122. The quantitative estimate of drug-likeness (QED) is 0.907. The van der Waals surface area contributed by atoms with Crippen LogP contribution < -0.4 is 10.1 Å². The van der Waals surface area contributed by atoms with Crippen LogP contribution in [0, 0.1) is 0 Å². The Morgan fingerprint density at radius 2 is 2.22 bits per heavy atom. The van der Waals surface area contributed by atoms with Crippen molar-refractivity contribution in [3.63, 3.8) is 0 Å². The normalized spacial score (nSPS) is 16.3. The van der Waals surface area contributed by atoms with Gasteiger partial charge in [-0.3, -0.25) is 4.79 Å². The summed E-state index contributed by atoms with van der Waals surface area (Å²) < 4.78 is 5.50. The zero-order valence-electron chi connectivity index (χ0n) is 12.4. The van der Waals surface area contributed by atoms with Gasteiger partial charge in [-0.1, -0.05) is 35.3 Å². The topological polar surface area (TPSA) is 51.2 Å². The standard InChI is InChI=1S/C17H16Cl2N2O2/c18-12-5-3-11(14(19)10-12)4-6-16(22)21-15-7-9-23-17-13(15)2-1-8-20-17/h1-3,5,8,10,15H,4,6-7,9H2,(H,21,22).